The molecule has 1 aliphatic carbocycles. The zero-order chi connectivity index (χ0) is 13.7. The number of rotatable bonds is 4. The molecular weight excluding hydrogens is 238 g/mol. The van der Waals surface area contributed by atoms with Crippen LogP contribution in [0.3, 0.4) is 0 Å². The largest absolute Gasteiger partial charge is 0.325 e. The standard InChI is InChI=1S/C15H17N3O/c16-8-9-18(11-12-4-2-1-3-5-12)15(19)13-6-7-14(17)10-13/h1-7,13-14H,9-11,17H2. The Kier molecular flexibility index (Phi) is 4.32. The van der Waals surface area contributed by atoms with Gasteiger partial charge in [0.25, 0.3) is 0 Å². The van der Waals surface area contributed by atoms with Gasteiger partial charge in [-0.05, 0) is 12.0 Å². The lowest BCUT2D eigenvalue weighted by molar-refractivity contribution is -0.134. The van der Waals surface area contributed by atoms with Crippen molar-refractivity contribution in [1.29, 1.82) is 5.26 Å². The van der Waals surface area contributed by atoms with Crippen molar-refractivity contribution >= 4 is 5.91 Å². The molecule has 0 aromatic heterocycles. The maximum Gasteiger partial charge on any atom is 0.230 e. The maximum absolute atomic E-state index is 12.4. The highest BCUT2D eigenvalue weighted by molar-refractivity contribution is 5.81. The van der Waals surface area contributed by atoms with Crippen LogP contribution in [0.15, 0.2) is 42.5 Å². The summed E-state index contributed by atoms with van der Waals surface area (Å²) in [5, 5.41) is 8.87. The third-order valence-electron chi connectivity index (χ3n) is 3.22. The fourth-order valence-corrected chi connectivity index (χ4v) is 2.25. The van der Waals surface area contributed by atoms with E-state index in [1.807, 2.05) is 42.5 Å². The van der Waals surface area contributed by atoms with Crippen LogP contribution in [0.1, 0.15) is 12.0 Å². The van der Waals surface area contributed by atoms with Crippen LogP contribution in [0.2, 0.25) is 0 Å². The van der Waals surface area contributed by atoms with E-state index in [1.165, 1.54) is 0 Å². The average molecular weight is 255 g/mol. The number of benzene rings is 1. The topological polar surface area (TPSA) is 70.1 Å². The molecule has 2 unspecified atom stereocenters. The van der Waals surface area contributed by atoms with Crippen LogP contribution in [-0.4, -0.2) is 23.4 Å². The predicted octanol–water partition coefficient (Wildman–Crippen LogP) is 1.44. The van der Waals surface area contributed by atoms with Gasteiger partial charge >= 0.3 is 0 Å². The third kappa shape index (κ3) is 3.43. The van der Waals surface area contributed by atoms with Gasteiger partial charge in [0.2, 0.25) is 5.91 Å². The molecule has 4 nitrogen and oxygen atoms in total. The highest BCUT2D eigenvalue weighted by Crippen LogP contribution is 2.20. The Morgan fingerprint density at radius 2 is 2.11 bits per heavy atom. The van der Waals surface area contributed by atoms with Crippen molar-refractivity contribution < 1.29 is 4.79 Å². The molecule has 2 atom stereocenters. The van der Waals surface area contributed by atoms with Gasteiger partial charge in [0.1, 0.15) is 6.54 Å². The number of nitrogens with two attached hydrogens (primary N) is 1. The second-order valence-corrected chi connectivity index (χ2v) is 4.73. The van der Waals surface area contributed by atoms with Crippen LogP contribution in [0, 0.1) is 17.2 Å². The summed E-state index contributed by atoms with van der Waals surface area (Å²) in [6, 6.07) is 11.7. The summed E-state index contributed by atoms with van der Waals surface area (Å²) in [5.74, 6) is -0.207. The van der Waals surface area contributed by atoms with E-state index in [2.05, 4.69) is 6.07 Å². The Bertz CT molecular complexity index is 504. The second kappa shape index (κ2) is 6.17. The first-order valence-electron chi connectivity index (χ1n) is 6.34. The minimum atomic E-state index is -0.188. The quantitative estimate of drug-likeness (QED) is 0.653. The lowest BCUT2D eigenvalue weighted by atomic mass is 10.1. The summed E-state index contributed by atoms with van der Waals surface area (Å²) in [6.45, 7) is 0.570. The fraction of sp³-hybridized carbons (Fsp3) is 0.333. The molecule has 1 aliphatic rings. The summed E-state index contributed by atoms with van der Waals surface area (Å²) in [6.07, 6.45) is 4.34. The van der Waals surface area contributed by atoms with Crippen LogP contribution in [0.25, 0.3) is 0 Å². The van der Waals surface area contributed by atoms with Gasteiger partial charge < -0.3 is 10.6 Å². The Balaban J connectivity index is 2.06. The van der Waals surface area contributed by atoms with Gasteiger partial charge in [-0.15, -0.1) is 0 Å². The number of nitrogens with zero attached hydrogens (tertiary/aromatic N) is 2. The first-order valence-corrected chi connectivity index (χ1v) is 6.34. The van der Waals surface area contributed by atoms with Crippen LogP contribution in [0.4, 0.5) is 0 Å². The van der Waals surface area contributed by atoms with Crippen molar-refractivity contribution in [2.45, 2.75) is 19.0 Å². The lowest BCUT2D eigenvalue weighted by Gasteiger charge is -2.22. The molecule has 0 spiro atoms. The summed E-state index contributed by atoms with van der Waals surface area (Å²) >= 11 is 0. The highest BCUT2D eigenvalue weighted by Gasteiger charge is 2.26. The fourth-order valence-electron chi connectivity index (χ4n) is 2.25. The monoisotopic (exact) mass is 255 g/mol. The molecule has 4 heteroatoms. The molecule has 0 fully saturated rings. The van der Waals surface area contributed by atoms with Gasteiger partial charge in [0.05, 0.1) is 12.0 Å². The number of amides is 1. The summed E-state index contributed by atoms with van der Waals surface area (Å²) in [7, 11) is 0. The van der Waals surface area contributed by atoms with Crippen molar-refractivity contribution in [2.24, 2.45) is 11.7 Å². The van der Waals surface area contributed by atoms with E-state index >= 15 is 0 Å². The first-order chi connectivity index (χ1) is 9.20. The molecule has 19 heavy (non-hydrogen) atoms. The Hall–Kier alpha value is -2.12. The Morgan fingerprint density at radius 1 is 1.37 bits per heavy atom. The predicted molar refractivity (Wildman–Crippen MR) is 72.7 cm³/mol. The lowest BCUT2D eigenvalue weighted by Crippen LogP contribution is -2.35. The van der Waals surface area contributed by atoms with Crippen LogP contribution in [-0.2, 0) is 11.3 Å². The van der Waals surface area contributed by atoms with E-state index in [4.69, 9.17) is 11.0 Å². The molecule has 0 saturated heterocycles. The number of hydrogen-bond acceptors (Lipinski definition) is 3. The smallest absolute Gasteiger partial charge is 0.230 e. The molecule has 0 saturated carbocycles. The number of hydrogen-bond donors (Lipinski definition) is 1. The van der Waals surface area contributed by atoms with E-state index in [0.717, 1.165) is 5.56 Å². The Morgan fingerprint density at radius 3 is 2.68 bits per heavy atom. The highest BCUT2D eigenvalue weighted by atomic mass is 16.2. The number of carbonyl (C=O) groups excluding carboxylic acids is 1. The van der Waals surface area contributed by atoms with Crippen molar-refractivity contribution in [3.63, 3.8) is 0 Å². The number of carbonyl (C=O) groups is 1. The first kappa shape index (κ1) is 13.3. The molecule has 0 radical (unpaired) electrons. The zero-order valence-electron chi connectivity index (χ0n) is 10.7. The van der Waals surface area contributed by atoms with E-state index in [1.54, 1.807) is 4.90 Å². The van der Waals surface area contributed by atoms with Gasteiger partial charge in [0, 0.05) is 12.6 Å². The van der Waals surface area contributed by atoms with Crippen molar-refractivity contribution in [3.8, 4) is 6.07 Å². The van der Waals surface area contributed by atoms with Gasteiger partial charge in [-0.1, -0.05) is 42.5 Å². The molecule has 0 bridgehead atoms. The van der Waals surface area contributed by atoms with Crippen molar-refractivity contribution in [1.82, 2.24) is 4.90 Å². The van der Waals surface area contributed by atoms with E-state index in [9.17, 15) is 4.79 Å². The van der Waals surface area contributed by atoms with Crippen LogP contribution in [0.5, 0.6) is 0 Å². The SMILES string of the molecule is N#CCN(Cc1ccccc1)C(=O)C1C=CC(N)C1. The molecule has 98 valence electrons. The maximum atomic E-state index is 12.4. The van der Waals surface area contributed by atoms with Crippen molar-refractivity contribution in [3.05, 3.63) is 48.0 Å². The normalized spacial score (nSPS) is 21.1. The van der Waals surface area contributed by atoms with Crippen LogP contribution < -0.4 is 5.73 Å². The van der Waals surface area contributed by atoms with Gasteiger partial charge in [-0.3, -0.25) is 4.79 Å². The molecule has 2 rings (SSSR count). The van der Waals surface area contributed by atoms with Crippen LogP contribution >= 0.6 is 0 Å². The molecule has 0 heterocycles. The van der Waals surface area contributed by atoms with Gasteiger partial charge in [-0.2, -0.15) is 5.26 Å². The molecule has 1 amide bonds. The second-order valence-electron chi connectivity index (χ2n) is 4.73. The summed E-state index contributed by atoms with van der Waals surface area (Å²) in [5.41, 5.74) is 6.79. The Labute approximate surface area is 113 Å². The summed E-state index contributed by atoms with van der Waals surface area (Å²) < 4.78 is 0. The van der Waals surface area contributed by atoms with Gasteiger partial charge in [-0.25, -0.2) is 0 Å². The molecule has 1 aromatic rings. The van der Waals surface area contributed by atoms with E-state index < -0.39 is 0 Å². The molecule has 2 N–H and O–H groups in total. The minimum Gasteiger partial charge on any atom is -0.325 e. The number of nitriles is 1. The molecular formula is C15H17N3O. The zero-order valence-corrected chi connectivity index (χ0v) is 10.7. The third-order valence-corrected chi connectivity index (χ3v) is 3.22. The van der Waals surface area contributed by atoms with Gasteiger partial charge in [0.15, 0.2) is 0 Å². The molecule has 0 aliphatic heterocycles. The average Bonchev–Trinajstić information content (AvgIpc) is 2.85. The van der Waals surface area contributed by atoms with E-state index in [0.29, 0.717) is 13.0 Å². The minimum absolute atomic E-state index is 0.0189. The van der Waals surface area contributed by atoms with E-state index in [-0.39, 0.29) is 24.4 Å². The summed E-state index contributed by atoms with van der Waals surface area (Å²) in [4.78, 5) is 13.9. The van der Waals surface area contributed by atoms with Crippen molar-refractivity contribution in [2.75, 3.05) is 6.54 Å². The molecule has 1 aromatic carbocycles.